The quantitative estimate of drug-likeness (QED) is 0.880. The molecule has 21 heavy (non-hydrogen) atoms. The molecule has 0 spiro atoms. The van der Waals surface area contributed by atoms with Crippen molar-refractivity contribution < 1.29 is 9.53 Å². The van der Waals surface area contributed by atoms with E-state index in [1.165, 1.54) is 0 Å². The SMILES string of the molecule is CC(C)CNC(=O)C(C)Oc1ccc2ccccc2c1Br. The Morgan fingerprint density at radius 3 is 2.62 bits per heavy atom. The smallest absolute Gasteiger partial charge is 0.260 e. The van der Waals surface area contributed by atoms with Crippen LogP contribution in [0.5, 0.6) is 5.75 Å². The Bertz CT molecular complexity index is 640. The Labute approximate surface area is 133 Å². The largest absolute Gasteiger partial charge is 0.480 e. The molecule has 1 N–H and O–H groups in total. The lowest BCUT2D eigenvalue weighted by molar-refractivity contribution is -0.127. The van der Waals surface area contributed by atoms with Crippen LogP contribution in [-0.2, 0) is 4.79 Å². The molecule has 3 nitrogen and oxygen atoms in total. The average Bonchev–Trinajstić information content (AvgIpc) is 2.47. The van der Waals surface area contributed by atoms with Gasteiger partial charge in [-0.15, -0.1) is 0 Å². The molecular weight excluding hydrogens is 330 g/mol. The number of amides is 1. The van der Waals surface area contributed by atoms with Gasteiger partial charge in [0.2, 0.25) is 0 Å². The molecule has 0 heterocycles. The Kier molecular flexibility index (Phi) is 5.23. The van der Waals surface area contributed by atoms with Gasteiger partial charge in [-0.2, -0.15) is 0 Å². The average molecular weight is 350 g/mol. The molecule has 1 unspecified atom stereocenters. The zero-order valence-electron chi connectivity index (χ0n) is 12.5. The van der Waals surface area contributed by atoms with Crippen LogP contribution in [0, 0.1) is 5.92 Å². The third kappa shape index (κ3) is 3.97. The van der Waals surface area contributed by atoms with E-state index in [1.54, 1.807) is 6.92 Å². The first-order chi connectivity index (χ1) is 9.99. The molecule has 112 valence electrons. The highest BCUT2D eigenvalue weighted by Crippen LogP contribution is 2.33. The van der Waals surface area contributed by atoms with E-state index in [9.17, 15) is 4.79 Å². The number of carbonyl (C=O) groups is 1. The molecule has 0 saturated carbocycles. The van der Waals surface area contributed by atoms with Crippen molar-refractivity contribution in [2.75, 3.05) is 6.54 Å². The highest BCUT2D eigenvalue weighted by atomic mass is 79.9. The molecule has 0 fully saturated rings. The van der Waals surface area contributed by atoms with E-state index < -0.39 is 6.10 Å². The predicted molar refractivity (Wildman–Crippen MR) is 89.6 cm³/mol. The summed E-state index contributed by atoms with van der Waals surface area (Å²) >= 11 is 3.56. The second-order valence-electron chi connectivity index (χ2n) is 5.50. The lowest BCUT2D eigenvalue weighted by Gasteiger charge is -2.17. The van der Waals surface area contributed by atoms with Crippen molar-refractivity contribution in [2.45, 2.75) is 26.9 Å². The number of halogens is 1. The Hall–Kier alpha value is -1.55. The van der Waals surface area contributed by atoms with Gasteiger partial charge in [-0.05, 0) is 45.6 Å². The minimum Gasteiger partial charge on any atom is -0.480 e. The van der Waals surface area contributed by atoms with E-state index in [2.05, 4.69) is 35.1 Å². The second-order valence-corrected chi connectivity index (χ2v) is 6.29. The van der Waals surface area contributed by atoms with Crippen LogP contribution < -0.4 is 10.1 Å². The summed E-state index contributed by atoms with van der Waals surface area (Å²) in [6, 6.07) is 11.9. The minimum atomic E-state index is -0.527. The molecule has 2 aromatic rings. The lowest BCUT2D eigenvalue weighted by Crippen LogP contribution is -2.38. The summed E-state index contributed by atoms with van der Waals surface area (Å²) in [7, 11) is 0. The number of hydrogen-bond acceptors (Lipinski definition) is 2. The molecule has 1 amide bonds. The highest BCUT2D eigenvalue weighted by Gasteiger charge is 2.16. The summed E-state index contributed by atoms with van der Waals surface area (Å²) in [4.78, 5) is 12.0. The van der Waals surface area contributed by atoms with Gasteiger partial charge in [-0.3, -0.25) is 4.79 Å². The van der Waals surface area contributed by atoms with Crippen molar-refractivity contribution in [1.82, 2.24) is 5.32 Å². The van der Waals surface area contributed by atoms with Gasteiger partial charge in [0.05, 0.1) is 4.47 Å². The van der Waals surface area contributed by atoms with Gasteiger partial charge >= 0.3 is 0 Å². The van der Waals surface area contributed by atoms with Gasteiger partial charge in [-0.1, -0.05) is 44.2 Å². The Balaban J connectivity index is 2.12. The molecular formula is C17H20BrNO2. The van der Waals surface area contributed by atoms with Crippen molar-refractivity contribution in [2.24, 2.45) is 5.92 Å². The number of nitrogens with one attached hydrogen (secondary N) is 1. The van der Waals surface area contributed by atoms with E-state index in [4.69, 9.17) is 4.74 Å². The monoisotopic (exact) mass is 349 g/mol. The summed E-state index contributed by atoms with van der Waals surface area (Å²) in [5.41, 5.74) is 0. The van der Waals surface area contributed by atoms with Gasteiger partial charge in [0.15, 0.2) is 6.10 Å². The van der Waals surface area contributed by atoms with E-state index in [0.29, 0.717) is 18.2 Å². The van der Waals surface area contributed by atoms with Gasteiger partial charge < -0.3 is 10.1 Å². The molecule has 0 aliphatic rings. The number of fused-ring (bicyclic) bond motifs is 1. The molecule has 0 bridgehead atoms. The number of hydrogen-bond donors (Lipinski definition) is 1. The van der Waals surface area contributed by atoms with Gasteiger partial charge in [0, 0.05) is 6.54 Å². The second kappa shape index (κ2) is 6.94. The predicted octanol–water partition coefficient (Wildman–Crippen LogP) is 4.14. The first-order valence-electron chi connectivity index (χ1n) is 7.10. The number of benzene rings is 2. The molecule has 1 atom stereocenters. The maximum absolute atomic E-state index is 12.0. The van der Waals surface area contributed by atoms with Crippen LogP contribution in [0.15, 0.2) is 40.9 Å². The fourth-order valence-electron chi connectivity index (χ4n) is 2.00. The van der Waals surface area contributed by atoms with Crippen LogP contribution >= 0.6 is 15.9 Å². The molecule has 0 aliphatic carbocycles. The fraction of sp³-hybridized carbons (Fsp3) is 0.353. The molecule has 0 aliphatic heterocycles. The number of ether oxygens (including phenoxy) is 1. The van der Waals surface area contributed by atoms with Crippen LogP contribution in [0.2, 0.25) is 0 Å². The first kappa shape index (κ1) is 15.8. The Morgan fingerprint density at radius 2 is 1.90 bits per heavy atom. The maximum atomic E-state index is 12.0. The van der Waals surface area contributed by atoms with Crippen molar-refractivity contribution in [1.29, 1.82) is 0 Å². The van der Waals surface area contributed by atoms with Crippen LogP contribution in [0.25, 0.3) is 10.8 Å². The van der Waals surface area contributed by atoms with E-state index in [-0.39, 0.29) is 5.91 Å². The molecule has 0 aromatic heterocycles. The molecule has 0 saturated heterocycles. The zero-order valence-corrected chi connectivity index (χ0v) is 14.1. The van der Waals surface area contributed by atoms with Crippen molar-refractivity contribution in [3.8, 4) is 5.75 Å². The summed E-state index contributed by atoms with van der Waals surface area (Å²) in [6.07, 6.45) is -0.527. The van der Waals surface area contributed by atoms with Crippen LogP contribution in [0.3, 0.4) is 0 Å². The Morgan fingerprint density at radius 1 is 1.19 bits per heavy atom. The first-order valence-corrected chi connectivity index (χ1v) is 7.90. The molecule has 4 heteroatoms. The molecule has 2 rings (SSSR count). The van der Waals surface area contributed by atoms with E-state index in [1.807, 2.05) is 36.4 Å². The minimum absolute atomic E-state index is 0.0937. The van der Waals surface area contributed by atoms with E-state index >= 15 is 0 Å². The fourth-order valence-corrected chi connectivity index (χ4v) is 2.58. The topological polar surface area (TPSA) is 38.3 Å². The zero-order chi connectivity index (χ0) is 15.4. The standard InChI is InChI=1S/C17H20BrNO2/c1-11(2)10-19-17(20)12(3)21-15-9-8-13-6-4-5-7-14(13)16(15)18/h4-9,11-12H,10H2,1-3H3,(H,19,20). The van der Waals surface area contributed by atoms with Gasteiger partial charge in [0.1, 0.15) is 5.75 Å². The van der Waals surface area contributed by atoms with Crippen molar-refractivity contribution in [3.05, 3.63) is 40.9 Å². The lowest BCUT2D eigenvalue weighted by atomic mass is 10.1. The van der Waals surface area contributed by atoms with Crippen molar-refractivity contribution >= 4 is 32.6 Å². The van der Waals surface area contributed by atoms with Crippen LogP contribution in [-0.4, -0.2) is 18.6 Å². The van der Waals surface area contributed by atoms with E-state index in [0.717, 1.165) is 15.2 Å². The van der Waals surface area contributed by atoms with Gasteiger partial charge in [0.25, 0.3) is 5.91 Å². The van der Waals surface area contributed by atoms with Gasteiger partial charge in [-0.25, -0.2) is 0 Å². The summed E-state index contributed by atoms with van der Waals surface area (Å²) in [5, 5.41) is 5.09. The summed E-state index contributed by atoms with van der Waals surface area (Å²) < 4.78 is 6.67. The van der Waals surface area contributed by atoms with Crippen LogP contribution in [0.1, 0.15) is 20.8 Å². The number of carbonyl (C=O) groups excluding carboxylic acids is 1. The summed E-state index contributed by atoms with van der Waals surface area (Å²) in [5.74, 6) is 1.01. The van der Waals surface area contributed by atoms with Crippen LogP contribution in [0.4, 0.5) is 0 Å². The molecule has 2 aromatic carbocycles. The summed E-state index contributed by atoms with van der Waals surface area (Å²) in [6.45, 7) is 6.54. The third-order valence-corrected chi connectivity index (χ3v) is 4.00. The highest BCUT2D eigenvalue weighted by molar-refractivity contribution is 9.10. The normalized spacial score (nSPS) is 12.4. The number of rotatable bonds is 5. The van der Waals surface area contributed by atoms with Crippen molar-refractivity contribution in [3.63, 3.8) is 0 Å². The molecule has 0 radical (unpaired) electrons. The maximum Gasteiger partial charge on any atom is 0.260 e. The third-order valence-electron chi connectivity index (χ3n) is 3.19.